The van der Waals surface area contributed by atoms with Crippen LogP contribution in [0.4, 0.5) is 0 Å². The van der Waals surface area contributed by atoms with E-state index in [2.05, 4.69) is 71.0 Å². The lowest BCUT2D eigenvalue weighted by Gasteiger charge is -1.91. The van der Waals surface area contributed by atoms with Gasteiger partial charge in [-0.25, -0.2) is 0 Å². The van der Waals surface area contributed by atoms with Gasteiger partial charge in [-0.2, -0.15) is 0 Å². The third-order valence-corrected chi connectivity index (χ3v) is 0.707. The molecule has 0 aliphatic carbocycles. The highest BCUT2D eigenvalue weighted by Gasteiger charge is 2.22. The Morgan fingerprint density at radius 3 is 0.789 bits per heavy atom. The Balaban J connectivity index is 0. The van der Waals surface area contributed by atoms with Gasteiger partial charge in [-0.05, 0) is 71.0 Å². The molecule has 0 atom stereocenters. The number of hydrogen-bond donors (Lipinski definition) is 4. The van der Waals surface area contributed by atoms with Crippen molar-refractivity contribution in [1.82, 2.24) is 0 Å². The van der Waals surface area contributed by atoms with Crippen LogP contribution < -0.4 is 0 Å². The van der Waals surface area contributed by atoms with Gasteiger partial charge in [-0.3, -0.25) is 0 Å². The summed E-state index contributed by atoms with van der Waals surface area (Å²) in [6.07, 6.45) is 9.71. The minimum atomic E-state index is -4.61. The Kier molecular flexibility index (Phi) is 12.6. The van der Waals surface area contributed by atoms with Crippen LogP contribution in [0.5, 0.6) is 0 Å². The van der Waals surface area contributed by atoms with E-state index in [1.165, 1.54) is 0 Å². The Morgan fingerprint density at radius 1 is 0.474 bits per heavy atom. The molecule has 0 aliphatic heterocycles. The van der Waals surface area contributed by atoms with Gasteiger partial charge in [0, 0.05) is 0 Å². The highest BCUT2D eigenvalue weighted by Crippen LogP contribution is 1.67. The van der Waals surface area contributed by atoms with Crippen LogP contribution in [0.15, 0.2) is 0 Å². The molecule has 0 bridgehead atoms. The third-order valence-electron chi connectivity index (χ3n) is 0.707. The van der Waals surface area contributed by atoms with Crippen LogP contribution in [0.1, 0.15) is 0 Å². The predicted molar refractivity (Wildman–Crippen MR) is 71.2 cm³/mol. The Bertz CT molecular complexity index is 613. The van der Waals surface area contributed by atoms with Gasteiger partial charge in [-0.15, -0.1) is 12.8 Å². The SMILES string of the molecule is C#CC#CC#CC#CC#CC#CC#C.O[Si](O)(O)O. The molecule has 0 rings (SSSR count). The Morgan fingerprint density at radius 2 is 0.632 bits per heavy atom. The van der Waals surface area contributed by atoms with Gasteiger partial charge in [0.1, 0.15) is 0 Å². The summed E-state index contributed by atoms with van der Waals surface area (Å²) in [5, 5.41) is 0. The van der Waals surface area contributed by atoms with E-state index in [1.807, 2.05) is 0 Å². The predicted octanol–water partition coefficient (Wildman–Crippen LogP) is -2.34. The van der Waals surface area contributed by atoms with Crippen molar-refractivity contribution in [2.24, 2.45) is 0 Å². The maximum Gasteiger partial charge on any atom is 0.668 e. The molecule has 0 saturated heterocycles. The monoisotopic (exact) mass is 266 g/mol. The first-order chi connectivity index (χ1) is 8.91. The van der Waals surface area contributed by atoms with Crippen LogP contribution in [0, 0.1) is 83.9 Å². The largest absolute Gasteiger partial charge is 0.668 e. The van der Waals surface area contributed by atoms with Crippen LogP contribution in [0.3, 0.4) is 0 Å². The summed E-state index contributed by atoms with van der Waals surface area (Å²) in [6.45, 7) is 0. The second kappa shape index (κ2) is 13.0. The van der Waals surface area contributed by atoms with Gasteiger partial charge >= 0.3 is 9.05 Å². The number of terminal acetylenes is 2. The lowest BCUT2D eigenvalue weighted by molar-refractivity contribution is 0.117. The fourth-order valence-electron chi connectivity index (χ4n) is 0.322. The van der Waals surface area contributed by atoms with Crippen molar-refractivity contribution in [2.45, 2.75) is 0 Å². The molecule has 0 aromatic rings. The zero-order valence-corrected chi connectivity index (χ0v) is 10.4. The summed E-state index contributed by atoms with van der Waals surface area (Å²) in [6, 6.07) is 0. The Labute approximate surface area is 113 Å². The number of rotatable bonds is 0. The van der Waals surface area contributed by atoms with E-state index in [0.717, 1.165) is 0 Å². The van der Waals surface area contributed by atoms with Crippen LogP contribution in [0.2, 0.25) is 0 Å². The minimum absolute atomic E-state index is 2.12. The van der Waals surface area contributed by atoms with Crippen molar-refractivity contribution in [2.75, 3.05) is 0 Å². The first-order valence-corrected chi connectivity index (χ1v) is 6.01. The van der Waals surface area contributed by atoms with Crippen molar-refractivity contribution >= 4 is 9.05 Å². The maximum absolute atomic E-state index is 7.33. The molecule has 5 heteroatoms. The molecule has 0 aliphatic rings. The summed E-state index contributed by atoms with van der Waals surface area (Å²) in [5.41, 5.74) is 0. The van der Waals surface area contributed by atoms with Crippen molar-refractivity contribution in [3.63, 3.8) is 0 Å². The van der Waals surface area contributed by atoms with Gasteiger partial charge < -0.3 is 19.2 Å². The molecule has 90 valence electrons. The first kappa shape index (κ1) is 18.3. The molecule has 0 amide bonds. The third kappa shape index (κ3) is 39.6. The molecular formula is C14H6O4Si. The van der Waals surface area contributed by atoms with Crippen molar-refractivity contribution in [3.8, 4) is 83.9 Å². The van der Waals surface area contributed by atoms with Gasteiger partial charge in [0.05, 0.1) is 0 Å². The van der Waals surface area contributed by atoms with E-state index in [1.54, 1.807) is 0 Å². The summed E-state index contributed by atoms with van der Waals surface area (Å²) in [5.74, 6) is 28.3. The van der Waals surface area contributed by atoms with Crippen LogP contribution >= 0.6 is 0 Å². The fraction of sp³-hybridized carbons (Fsp3) is 0. The van der Waals surface area contributed by atoms with Crippen LogP contribution in [0.25, 0.3) is 0 Å². The van der Waals surface area contributed by atoms with E-state index >= 15 is 0 Å². The van der Waals surface area contributed by atoms with Crippen molar-refractivity contribution < 1.29 is 19.2 Å². The molecule has 0 fully saturated rings. The average molecular weight is 266 g/mol. The normalized spacial score (nSPS) is 5.79. The second-order valence-electron chi connectivity index (χ2n) is 2.14. The quantitative estimate of drug-likeness (QED) is 0.293. The average Bonchev–Trinajstić information content (AvgIpc) is 2.29. The maximum atomic E-state index is 7.33. The fourth-order valence-corrected chi connectivity index (χ4v) is 0.322. The molecule has 0 heterocycles. The molecule has 4 nitrogen and oxygen atoms in total. The smallest absolute Gasteiger partial charge is 0.368 e. The van der Waals surface area contributed by atoms with Gasteiger partial charge in [0.15, 0.2) is 0 Å². The lowest BCUT2D eigenvalue weighted by Crippen LogP contribution is -2.33. The van der Waals surface area contributed by atoms with E-state index in [-0.39, 0.29) is 0 Å². The second-order valence-corrected chi connectivity index (χ2v) is 3.34. The minimum Gasteiger partial charge on any atom is -0.368 e. The van der Waals surface area contributed by atoms with Crippen molar-refractivity contribution in [3.05, 3.63) is 0 Å². The molecular weight excluding hydrogens is 260 g/mol. The molecule has 4 N–H and O–H groups in total. The van der Waals surface area contributed by atoms with Crippen molar-refractivity contribution in [1.29, 1.82) is 0 Å². The zero-order valence-electron chi connectivity index (χ0n) is 9.44. The van der Waals surface area contributed by atoms with Gasteiger partial charge in [0.2, 0.25) is 0 Å². The summed E-state index contributed by atoms with van der Waals surface area (Å²) in [7, 11) is -4.61. The molecule has 0 unspecified atom stereocenters. The standard InChI is InChI=1S/C14H2.H4O4Si/c1-3-5-7-9-11-13-14-12-10-8-6-4-2;1-5(2,3)4/h1-2H;1-4H. The highest BCUT2D eigenvalue weighted by molar-refractivity contribution is 6.46. The van der Waals surface area contributed by atoms with E-state index < -0.39 is 9.05 Å². The topological polar surface area (TPSA) is 80.9 Å². The molecule has 0 radical (unpaired) electrons. The molecule has 0 aromatic heterocycles. The number of hydrogen-bond acceptors (Lipinski definition) is 4. The molecule has 0 aromatic carbocycles. The summed E-state index contributed by atoms with van der Waals surface area (Å²) in [4.78, 5) is 29.3. The van der Waals surface area contributed by atoms with Gasteiger partial charge in [0.25, 0.3) is 0 Å². The van der Waals surface area contributed by atoms with E-state index in [4.69, 9.17) is 32.0 Å². The van der Waals surface area contributed by atoms with E-state index in [9.17, 15) is 0 Å². The van der Waals surface area contributed by atoms with E-state index in [0.29, 0.717) is 0 Å². The molecule has 19 heavy (non-hydrogen) atoms. The highest BCUT2D eigenvalue weighted by atomic mass is 28.4. The summed E-state index contributed by atoms with van der Waals surface area (Å²) < 4.78 is 0. The van der Waals surface area contributed by atoms with Crippen LogP contribution in [-0.4, -0.2) is 28.2 Å². The molecule has 0 spiro atoms. The summed E-state index contributed by atoms with van der Waals surface area (Å²) >= 11 is 0. The van der Waals surface area contributed by atoms with Gasteiger partial charge in [-0.1, -0.05) is 0 Å². The first-order valence-electron chi connectivity index (χ1n) is 4.22. The molecule has 0 saturated carbocycles. The lowest BCUT2D eigenvalue weighted by atomic mass is 10.5. The van der Waals surface area contributed by atoms with Crippen LogP contribution in [-0.2, 0) is 0 Å². The Hall–Kier alpha value is -3.02. The zero-order chi connectivity index (χ0) is 15.0.